The van der Waals surface area contributed by atoms with Gasteiger partial charge in [-0.1, -0.05) is 103 Å². The van der Waals surface area contributed by atoms with Gasteiger partial charge in [-0.2, -0.15) is 0 Å². The van der Waals surface area contributed by atoms with Crippen LogP contribution in [0.2, 0.25) is 0 Å². The highest BCUT2D eigenvalue weighted by atomic mass is 16.6. The Kier molecular flexibility index (Phi) is 17.9. The molecule has 6 heteroatoms. The number of unbranched alkanes of at least 4 members (excludes halogenated alkanes) is 15. The van der Waals surface area contributed by atoms with E-state index in [4.69, 9.17) is 14.2 Å². The second-order valence-corrected chi connectivity index (χ2v) is 9.86. The smallest absolute Gasteiger partial charge is 0.330 e. The van der Waals surface area contributed by atoms with E-state index in [0.29, 0.717) is 13.0 Å². The Morgan fingerprint density at radius 3 is 1.82 bits per heavy atom. The third kappa shape index (κ3) is 15.5. The van der Waals surface area contributed by atoms with E-state index < -0.39 is 11.6 Å². The van der Waals surface area contributed by atoms with Crippen LogP contribution in [0.15, 0.2) is 11.6 Å². The minimum Gasteiger partial charge on any atom is -0.463 e. The first-order valence-electron chi connectivity index (χ1n) is 13.8. The second kappa shape index (κ2) is 19.9. The number of hydrogen-bond acceptors (Lipinski definition) is 6. The number of aliphatic hydroxyl groups excluding tert-OH is 1. The number of hydrogen-bond donors (Lipinski definition) is 1. The largest absolute Gasteiger partial charge is 0.463 e. The van der Waals surface area contributed by atoms with Crippen molar-refractivity contribution < 1.29 is 28.9 Å². The fraction of sp³-hybridized carbons (Fsp3) is 0.857. The van der Waals surface area contributed by atoms with Gasteiger partial charge in [-0.15, -0.1) is 0 Å². The number of rotatable bonds is 21. The Hall–Kier alpha value is -1.40. The predicted octanol–water partition coefficient (Wildman–Crippen LogP) is 6.43. The van der Waals surface area contributed by atoms with Gasteiger partial charge >= 0.3 is 11.9 Å². The molecule has 6 nitrogen and oxygen atoms in total. The number of ether oxygens (including phenoxy) is 3. The average molecular weight is 483 g/mol. The standard InChI is InChI=1S/C28H50O6/c1-3-4-5-6-7-8-9-10-11-12-13-14-15-16-17-18-19-32-27(31)20-26-21-28(23-29,34-22-26)24-33-25(2)30/h20,29H,3-19,21-24H2,1-2H3/b26-20+. The zero-order valence-corrected chi connectivity index (χ0v) is 21.9. The molecule has 0 aliphatic carbocycles. The molecule has 198 valence electrons. The van der Waals surface area contributed by atoms with Crippen LogP contribution in [0.1, 0.15) is 123 Å². The first-order valence-corrected chi connectivity index (χ1v) is 13.8. The van der Waals surface area contributed by atoms with Crippen LogP contribution in [0.5, 0.6) is 0 Å². The van der Waals surface area contributed by atoms with Crippen molar-refractivity contribution in [3.8, 4) is 0 Å². The number of carbonyl (C=O) groups is 2. The SMILES string of the molecule is CCCCCCCCCCCCCCCCCCOC(=O)/C=C1/COC(CO)(COC(C)=O)C1. The van der Waals surface area contributed by atoms with Crippen molar-refractivity contribution in [1.29, 1.82) is 0 Å². The highest BCUT2D eigenvalue weighted by Crippen LogP contribution is 2.30. The van der Waals surface area contributed by atoms with E-state index in [2.05, 4.69) is 6.92 Å². The van der Waals surface area contributed by atoms with E-state index in [0.717, 1.165) is 18.4 Å². The normalized spacial score (nSPS) is 19.0. The topological polar surface area (TPSA) is 82.1 Å². The van der Waals surface area contributed by atoms with Gasteiger partial charge in [0.25, 0.3) is 0 Å². The van der Waals surface area contributed by atoms with Crippen LogP contribution in [-0.2, 0) is 23.8 Å². The summed E-state index contributed by atoms with van der Waals surface area (Å²) in [4.78, 5) is 23.0. The van der Waals surface area contributed by atoms with Crippen molar-refractivity contribution in [1.82, 2.24) is 0 Å². The lowest BCUT2D eigenvalue weighted by atomic mass is 9.99. The first-order chi connectivity index (χ1) is 16.5. The summed E-state index contributed by atoms with van der Waals surface area (Å²) in [5.41, 5.74) is -0.204. The maximum absolute atomic E-state index is 12.0. The van der Waals surface area contributed by atoms with E-state index in [1.165, 1.54) is 103 Å². The average Bonchev–Trinajstić information content (AvgIpc) is 3.23. The molecule has 1 N–H and O–H groups in total. The van der Waals surface area contributed by atoms with Crippen molar-refractivity contribution in [3.05, 3.63) is 11.6 Å². The molecule has 1 saturated heterocycles. The Morgan fingerprint density at radius 2 is 1.35 bits per heavy atom. The highest BCUT2D eigenvalue weighted by molar-refractivity contribution is 5.83. The minimum absolute atomic E-state index is 0.0234. The fourth-order valence-electron chi connectivity index (χ4n) is 4.36. The summed E-state index contributed by atoms with van der Waals surface area (Å²) in [5, 5.41) is 9.59. The maximum atomic E-state index is 12.0. The van der Waals surface area contributed by atoms with Crippen molar-refractivity contribution in [2.24, 2.45) is 0 Å². The summed E-state index contributed by atoms with van der Waals surface area (Å²) in [6.07, 6.45) is 22.8. The molecular formula is C28H50O6. The molecule has 1 aliphatic rings. The molecule has 0 aromatic carbocycles. The van der Waals surface area contributed by atoms with Crippen molar-refractivity contribution in [2.75, 3.05) is 26.4 Å². The van der Waals surface area contributed by atoms with Gasteiger partial charge in [-0.25, -0.2) is 4.79 Å². The number of aliphatic hydroxyl groups is 1. The van der Waals surface area contributed by atoms with Gasteiger partial charge in [-0.05, 0) is 12.0 Å². The van der Waals surface area contributed by atoms with Crippen LogP contribution >= 0.6 is 0 Å². The van der Waals surface area contributed by atoms with Crippen molar-refractivity contribution in [3.63, 3.8) is 0 Å². The quantitative estimate of drug-likeness (QED) is 0.115. The molecule has 1 fully saturated rings. The monoisotopic (exact) mass is 482 g/mol. The highest BCUT2D eigenvalue weighted by Gasteiger charge is 2.38. The maximum Gasteiger partial charge on any atom is 0.330 e. The Morgan fingerprint density at radius 1 is 0.853 bits per heavy atom. The Balaban J connectivity index is 1.93. The molecule has 0 aromatic rings. The van der Waals surface area contributed by atoms with Gasteiger partial charge in [0.1, 0.15) is 12.2 Å². The molecule has 0 saturated carbocycles. The van der Waals surface area contributed by atoms with Gasteiger partial charge < -0.3 is 19.3 Å². The Bertz CT molecular complexity index is 573. The molecule has 0 bridgehead atoms. The molecule has 1 atom stereocenters. The number of carbonyl (C=O) groups excluding carboxylic acids is 2. The van der Waals surface area contributed by atoms with E-state index in [-0.39, 0.29) is 25.8 Å². The summed E-state index contributed by atoms with van der Waals surface area (Å²) in [5.74, 6) is -0.798. The van der Waals surface area contributed by atoms with Gasteiger partial charge in [0.05, 0.1) is 19.8 Å². The zero-order chi connectivity index (χ0) is 24.9. The van der Waals surface area contributed by atoms with Crippen molar-refractivity contribution in [2.45, 2.75) is 129 Å². The molecule has 0 spiro atoms. The van der Waals surface area contributed by atoms with E-state index in [1.54, 1.807) is 0 Å². The molecule has 1 heterocycles. The van der Waals surface area contributed by atoms with Crippen LogP contribution in [0, 0.1) is 0 Å². The Labute approximate surface area is 207 Å². The predicted molar refractivity (Wildman–Crippen MR) is 136 cm³/mol. The van der Waals surface area contributed by atoms with E-state index >= 15 is 0 Å². The van der Waals surface area contributed by atoms with Crippen molar-refractivity contribution >= 4 is 11.9 Å². The van der Waals surface area contributed by atoms with Crippen LogP contribution in [-0.4, -0.2) is 49.1 Å². The van der Waals surface area contributed by atoms with Gasteiger partial charge in [0.15, 0.2) is 0 Å². The summed E-state index contributed by atoms with van der Waals surface area (Å²) in [7, 11) is 0. The van der Waals surface area contributed by atoms with Crippen LogP contribution in [0.4, 0.5) is 0 Å². The molecule has 0 amide bonds. The van der Waals surface area contributed by atoms with Gasteiger partial charge in [0, 0.05) is 19.4 Å². The molecular weight excluding hydrogens is 432 g/mol. The molecule has 1 rings (SSSR count). The van der Waals surface area contributed by atoms with Gasteiger partial charge in [0.2, 0.25) is 0 Å². The third-order valence-corrected chi connectivity index (χ3v) is 6.50. The lowest BCUT2D eigenvalue weighted by Gasteiger charge is -2.24. The third-order valence-electron chi connectivity index (χ3n) is 6.50. The zero-order valence-electron chi connectivity index (χ0n) is 21.9. The van der Waals surface area contributed by atoms with E-state index in [9.17, 15) is 14.7 Å². The van der Waals surface area contributed by atoms with Gasteiger partial charge in [-0.3, -0.25) is 4.79 Å². The second-order valence-electron chi connectivity index (χ2n) is 9.86. The number of esters is 2. The molecule has 1 aliphatic heterocycles. The van der Waals surface area contributed by atoms with E-state index in [1.807, 2.05) is 0 Å². The summed E-state index contributed by atoms with van der Waals surface area (Å²) >= 11 is 0. The van der Waals surface area contributed by atoms with Crippen LogP contribution in [0.3, 0.4) is 0 Å². The molecule has 0 aromatic heterocycles. The lowest BCUT2D eigenvalue weighted by molar-refractivity contribution is -0.152. The first kappa shape index (κ1) is 30.6. The fourth-order valence-corrected chi connectivity index (χ4v) is 4.36. The lowest BCUT2D eigenvalue weighted by Crippen LogP contribution is -2.38. The molecule has 0 radical (unpaired) electrons. The molecule has 1 unspecified atom stereocenters. The minimum atomic E-state index is -0.953. The summed E-state index contributed by atoms with van der Waals surface area (Å²) in [6, 6.07) is 0. The summed E-state index contributed by atoms with van der Waals surface area (Å²) in [6.45, 7) is 3.95. The van der Waals surface area contributed by atoms with Crippen LogP contribution < -0.4 is 0 Å². The molecule has 34 heavy (non-hydrogen) atoms. The van der Waals surface area contributed by atoms with Crippen LogP contribution in [0.25, 0.3) is 0 Å². The summed E-state index contributed by atoms with van der Waals surface area (Å²) < 4.78 is 15.9.